The summed E-state index contributed by atoms with van der Waals surface area (Å²) in [6.07, 6.45) is 6.48. The standard InChI is InChI=1S/C31H50O6.Ag/c1-17(2)9-8-10-20(28(35)36)26-22-15-24(34)27-29(5)13-12-23(33)18(3)21(29)11-14-30(27,6)31(22,7)16-25(26)37-19(4)32;/h9,18,20-27,33-34H,8,10-16H2,1-7H3,(H,35,36);/q;+1/p-1/t18-,20?,21?,22-,23+,24?,25?,26?,27?,29-,30-,31-;/m0./s1. The molecule has 7 heteroatoms. The largest absolute Gasteiger partial charge is 1.00 e. The Balaban J connectivity index is 0.00000400. The van der Waals surface area contributed by atoms with Crippen molar-refractivity contribution in [2.24, 2.45) is 51.8 Å². The maximum atomic E-state index is 12.6. The summed E-state index contributed by atoms with van der Waals surface area (Å²) in [5.41, 5.74) is 0.543. The summed E-state index contributed by atoms with van der Waals surface area (Å²) in [5.74, 6) is -2.05. The summed E-state index contributed by atoms with van der Waals surface area (Å²) < 4.78 is 5.90. The topological polar surface area (TPSA) is 107 Å². The number of ether oxygens (including phenoxy) is 1. The van der Waals surface area contributed by atoms with E-state index < -0.39 is 24.1 Å². The number of rotatable bonds is 6. The van der Waals surface area contributed by atoms with E-state index in [1.54, 1.807) is 0 Å². The number of aliphatic carboxylic acids is 1. The SMILES string of the molecule is CC(=O)OC1C[C@@]2(C)[C@@H](CC(O)C3[C@@]4(C)CC[C@@H](O)[C@@H](C)C4CC[C@@]32C)C1C(CCC=C(C)C)C(=O)[O-].[Ag+]. The van der Waals surface area contributed by atoms with Gasteiger partial charge in [-0.15, -0.1) is 0 Å². The molecule has 2 N–H and O–H groups in total. The van der Waals surface area contributed by atoms with Gasteiger partial charge in [-0.05, 0) is 105 Å². The summed E-state index contributed by atoms with van der Waals surface area (Å²) in [5, 5.41) is 35.1. The zero-order valence-corrected chi connectivity index (χ0v) is 25.7. The number of carboxylic acid groups (broad SMARTS) is 1. The Labute approximate surface area is 244 Å². The fourth-order valence-electron chi connectivity index (χ4n) is 10.3. The number of aliphatic hydroxyl groups is 2. The van der Waals surface area contributed by atoms with Crippen LogP contribution in [0.5, 0.6) is 0 Å². The van der Waals surface area contributed by atoms with Gasteiger partial charge in [0, 0.05) is 24.7 Å². The fraction of sp³-hybridized carbons (Fsp3) is 0.871. The van der Waals surface area contributed by atoms with Crippen molar-refractivity contribution in [3.05, 3.63) is 11.6 Å². The van der Waals surface area contributed by atoms with Gasteiger partial charge in [0.05, 0.1) is 12.2 Å². The van der Waals surface area contributed by atoms with Gasteiger partial charge in [0.15, 0.2) is 0 Å². The molecule has 4 aliphatic carbocycles. The molecule has 220 valence electrons. The Morgan fingerprint density at radius 1 is 1.03 bits per heavy atom. The number of hydrogen-bond acceptors (Lipinski definition) is 6. The molecule has 0 bridgehead atoms. The van der Waals surface area contributed by atoms with Crippen molar-refractivity contribution < 1.29 is 52.0 Å². The van der Waals surface area contributed by atoms with Crippen LogP contribution in [-0.4, -0.2) is 40.5 Å². The van der Waals surface area contributed by atoms with Crippen molar-refractivity contribution in [1.82, 2.24) is 0 Å². The molecule has 0 aliphatic heterocycles. The summed E-state index contributed by atoms with van der Waals surface area (Å²) in [7, 11) is 0. The number of carbonyl (C=O) groups excluding carboxylic acids is 2. The molecule has 12 atom stereocenters. The Morgan fingerprint density at radius 3 is 2.26 bits per heavy atom. The molecule has 0 amide bonds. The van der Waals surface area contributed by atoms with Crippen LogP contribution in [0.1, 0.15) is 99.8 Å². The van der Waals surface area contributed by atoms with Crippen LogP contribution in [0.25, 0.3) is 0 Å². The molecule has 6 unspecified atom stereocenters. The minimum atomic E-state index is -1.08. The number of aliphatic hydroxyl groups excluding tert-OH is 2. The second-order valence-corrected chi connectivity index (χ2v) is 14.1. The molecule has 4 aliphatic rings. The van der Waals surface area contributed by atoms with Crippen LogP contribution in [0.4, 0.5) is 0 Å². The Kier molecular flexibility index (Phi) is 9.49. The molecule has 0 saturated heterocycles. The Morgan fingerprint density at radius 2 is 1.68 bits per heavy atom. The van der Waals surface area contributed by atoms with E-state index in [4.69, 9.17) is 4.74 Å². The third-order valence-corrected chi connectivity index (χ3v) is 12.1. The summed E-state index contributed by atoms with van der Waals surface area (Å²) >= 11 is 0. The molecule has 0 aromatic heterocycles. The molecule has 0 aromatic carbocycles. The average Bonchev–Trinajstić information content (AvgIpc) is 3.05. The van der Waals surface area contributed by atoms with Crippen molar-refractivity contribution in [3.8, 4) is 0 Å². The van der Waals surface area contributed by atoms with Gasteiger partial charge < -0.3 is 24.9 Å². The number of carbonyl (C=O) groups is 2. The van der Waals surface area contributed by atoms with E-state index in [0.29, 0.717) is 31.6 Å². The summed E-state index contributed by atoms with van der Waals surface area (Å²) in [6, 6.07) is 0. The number of hydrogen-bond donors (Lipinski definition) is 2. The van der Waals surface area contributed by atoms with Gasteiger partial charge in [0.25, 0.3) is 0 Å². The van der Waals surface area contributed by atoms with Crippen molar-refractivity contribution in [1.29, 1.82) is 0 Å². The molecule has 0 heterocycles. The smallest absolute Gasteiger partial charge is 0.550 e. The number of fused-ring (bicyclic) bond motifs is 5. The predicted molar refractivity (Wildman–Crippen MR) is 140 cm³/mol. The zero-order chi connectivity index (χ0) is 27.5. The van der Waals surface area contributed by atoms with Crippen LogP contribution in [0.2, 0.25) is 0 Å². The molecular formula is C31H49AgO6. The van der Waals surface area contributed by atoms with E-state index >= 15 is 0 Å². The van der Waals surface area contributed by atoms with Crippen LogP contribution in [0.3, 0.4) is 0 Å². The molecule has 0 radical (unpaired) electrons. The average molecular weight is 626 g/mol. The van der Waals surface area contributed by atoms with Crippen molar-refractivity contribution in [2.75, 3.05) is 0 Å². The predicted octanol–water partition coefficient (Wildman–Crippen LogP) is 4.26. The zero-order valence-electron chi connectivity index (χ0n) is 24.3. The van der Waals surface area contributed by atoms with Gasteiger partial charge in [-0.3, -0.25) is 4.79 Å². The molecule has 0 spiro atoms. The van der Waals surface area contributed by atoms with Crippen molar-refractivity contribution in [3.63, 3.8) is 0 Å². The second kappa shape index (κ2) is 11.3. The van der Waals surface area contributed by atoms with Gasteiger partial charge in [-0.1, -0.05) is 39.3 Å². The van der Waals surface area contributed by atoms with Gasteiger partial charge in [0.1, 0.15) is 6.10 Å². The molecule has 4 fully saturated rings. The number of carboxylic acids is 1. The molecule has 4 rings (SSSR count). The molecule has 4 saturated carbocycles. The van der Waals surface area contributed by atoms with Gasteiger partial charge in [0.2, 0.25) is 0 Å². The van der Waals surface area contributed by atoms with E-state index in [-0.39, 0.29) is 74.4 Å². The fourth-order valence-corrected chi connectivity index (χ4v) is 10.3. The summed E-state index contributed by atoms with van der Waals surface area (Å²) in [6.45, 7) is 14.5. The first-order valence-corrected chi connectivity index (χ1v) is 14.5. The summed E-state index contributed by atoms with van der Waals surface area (Å²) in [4.78, 5) is 24.8. The molecule has 0 aromatic rings. The van der Waals surface area contributed by atoms with Crippen LogP contribution >= 0.6 is 0 Å². The Hall–Kier alpha value is -0.660. The first kappa shape index (κ1) is 31.9. The molecular weight excluding hydrogens is 576 g/mol. The number of allylic oxidation sites excluding steroid dienone is 2. The van der Waals surface area contributed by atoms with E-state index in [1.807, 2.05) is 13.8 Å². The van der Waals surface area contributed by atoms with Crippen molar-refractivity contribution in [2.45, 2.75) is 118 Å². The van der Waals surface area contributed by atoms with E-state index in [1.165, 1.54) is 6.92 Å². The van der Waals surface area contributed by atoms with Crippen LogP contribution < -0.4 is 5.11 Å². The molecule has 6 nitrogen and oxygen atoms in total. The van der Waals surface area contributed by atoms with Gasteiger partial charge in [-0.25, -0.2) is 0 Å². The van der Waals surface area contributed by atoms with Crippen LogP contribution in [0.15, 0.2) is 11.6 Å². The molecule has 38 heavy (non-hydrogen) atoms. The minimum Gasteiger partial charge on any atom is -0.550 e. The van der Waals surface area contributed by atoms with E-state index in [0.717, 1.165) is 31.3 Å². The van der Waals surface area contributed by atoms with E-state index in [2.05, 4.69) is 33.8 Å². The normalized spacial score (nSPS) is 46.4. The van der Waals surface area contributed by atoms with Crippen LogP contribution in [-0.2, 0) is 36.7 Å². The number of esters is 1. The quantitative estimate of drug-likeness (QED) is 0.260. The van der Waals surface area contributed by atoms with Crippen LogP contribution in [0, 0.1) is 51.8 Å². The first-order valence-electron chi connectivity index (χ1n) is 14.5. The Bertz CT molecular complexity index is 931. The third-order valence-electron chi connectivity index (χ3n) is 12.1. The second-order valence-electron chi connectivity index (χ2n) is 14.1. The maximum Gasteiger partial charge on any atom is 1.00 e. The monoisotopic (exact) mass is 624 g/mol. The van der Waals surface area contributed by atoms with Gasteiger partial charge in [-0.2, -0.15) is 0 Å². The van der Waals surface area contributed by atoms with Gasteiger partial charge >= 0.3 is 28.3 Å². The van der Waals surface area contributed by atoms with E-state index in [9.17, 15) is 24.9 Å². The van der Waals surface area contributed by atoms with Crippen molar-refractivity contribution >= 4 is 11.9 Å². The third kappa shape index (κ3) is 5.00. The first-order chi connectivity index (χ1) is 17.2. The minimum absolute atomic E-state index is 0. The maximum absolute atomic E-state index is 12.6.